The van der Waals surface area contributed by atoms with Gasteiger partial charge in [0.15, 0.2) is 16.3 Å². The molecule has 0 unspecified atom stereocenters. The Balaban J connectivity index is 1.67. The second kappa shape index (κ2) is 9.93. The van der Waals surface area contributed by atoms with Crippen LogP contribution in [0.2, 0.25) is 0 Å². The second-order valence-corrected chi connectivity index (χ2v) is 6.69. The number of amides is 1. The summed E-state index contributed by atoms with van der Waals surface area (Å²) in [6.07, 6.45) is 2.31. The lowest BCUT2D eigenvalue weighted by atomic mass is 10.1. The van der Waals surface area contributed by atoms with Gasteiger partial charge in [-0.3, -0.25) is 9.36 Å². The summed E-state index contributed by atoms with van der Waals surface area (Å²) < 4.78 is 13.5. The van der Waals surface area contributed by atoms with Crippen molar-refractivity contribution in [3.05, 3.63) is 70.8 Å². The predicted molar refractivity (Wildman–Crippen MR) is 116 cm³/mol. The first-order chi connectivity index (χ1) is 14.1. The summed E-state index contributed by atoms with van der Waals surface area (Å²) in [5.41, 5.74) is 2.38. The number of hydrogen-bond donors (Lipinski definition) is 2. The smallest absolute Gasteiger partial charge is 0.269 e. The summed E-state index contributed by atoms with van der Waals surface area (Å²) in [5, 5.41) is 2.96. The third kappa shape index (κ3) is 5.06. The van der Waals surface area contributed by atoms with Crippen LogP contribution in [-0.4, -0.2) is 35.2 Å². The number of aromatic amines is 1. The third-order valence-corrected chi connectivity index (χ3v) is 4.63. The zero-order valence-corrected chi connectivity index (χ0v) is 17.4. The number of imidazole rings is 1. The van der Waals surface area contributed by atoms with E-state index in [0.29, 0.717) is 36.6 Å². The van der Waals surface area contributed by atoms with Crippen LogP contribution in [0.5, 0.6) is 11.5 Å². The van der Waals surface area contributed by atoms with Crippen LogP contribution in [-0.2, 0) is 6.42 Å². The van der Waals surface area contributed by atoms with Crippen LogP contribution in [0.1, 0.15) is 29.9 Å². The van der Waals surface area contributed by atoms with Gasteiger partial charge in [-0.05, 0) is 62.3 Å². The van der Waals surface area contributed by atoms with E-state index < -0.39 is 0 Å². The summed E-state index contributed by atoms with van der Waals surface area (Å²) in [4.78, 5) is 15.7. The molecule has 0 saturated heterocycles. The van der Waals surface area contributed by atoms with Gasteiger partial charge in [-0.15, -0.1) is 0 Å². The van der Waals surface area contributed by atoms with Crippen LogP contribution >= 0.6 is 12.2 Å². The fourth-order valence-electron chi connectivity index (χ4n) is 3.03. The Morgan fingerprint density at radius 3 is 2.52 bits per heavy atom. The summed E-state index contributed by atoms with van der Waals surface area (Å²) in [6.45, 7) is 5.52. The fourth-order valence-corrected chi connectivity index (χ4v) is 3.29. The lowest BCUT2D eigenvalue weighted by Gasteiger charge is -2.13. The van der Waals surface area contributed by atoms with Crippen molar-refractivity contribution in [1.29, 1.82) is 0 Å². The van der Waals surface area contributed by atoms with E-state index in [1.807, 2.05) is 62.4 Å². The van der Waals surface area contributed by atoms with Crippen molar-refractivity contribution in [3.8, 4) is 17.2 Å². The number of rotatable bonds is 9. The highest BCUT2D eigenvalue weighted by atomic mass is 32.1. The lowest BCUT2D eigenvalue weighted by molar-refractivity contribution is 0.0947. The summed E-state index contributed by atoms with van der Waals surface area (Å²) in [5.74, 6) is 1.27. The molecule has 2 aromatic carbocycles. The number of nitrogens with one attached hydrogen (secondary N) is 2. The minimum absolute atomic E-state index is 0.183. The Kier molecular flexibility index (Phi) is 7.08. The van der Waals surface area contributed by atoms with Crippen LogP contribution in [0.3, 0.4) is 0 Å². The van der Waals surface area contributed by atoms with E-state index in [1.165, 1.54) is 0 Å². The highest BCUT2D eigenvalue weighted by Gasteiger charge is 2.14. The average molecular weight is 412 g/mol. The highest BCUT2D eigenvalue weighted by molar-refractivity contribution is 7.71. The number of hydrogen-bond acceptors (Lipinski definition) is 4. The quantitative estimate of drug-likeness (QED) is 0.515. The average Bonchev–Trinajstić information content (AvgIpc) is 3.12. The molecular formula is C22H25N3O3S. The fraction of sp³-hybridized carbons (Fsp3) is 0.273. The molecule has 0 atom stereocenters. The minimum atomic E-state index is -0.183. The standard InChI is InChI=1S/C22H25N3O3S/c1-3-27-19-11-10-16(14-20(19)28-4-2)12-13-23-21(26)18-15-24-22(29)25(18)17-8-6-5-7-9-17/h5-11,14-15H,3-4,12-13H2,1-2H3,(H,23,26)(H,24,29). The zero-order chi connectivity index (χ0) is 20.6. The second-order valence-electron chi connectivity index (χ2n) is 6.30. The van der Waals surface area contributed by atoms with E-state index in [4.69, 9.17) is 21.7 Å². The van der Waals surface area contributed by atoms with Gasteiger partial charge in [0.25, 0.3) is 5.91 Å². The molecule has 0 aliphatic carbocycles. The molecule has 7 heteroatoms. The monoisotopic (exact) mass is 411 g/mol. The van der Waals surface area contributed by atoms with Crippen LogP contribution < -0.4 is 14.8 Å². The molecule has 0 fully saturated rings. The molecule has 152 valence electrons. The van der Waals surface area contributed by atoms with E-state index in [1.54, 1.807) is 10.8 Å². The lowest BCUT2D eigenvalue weighted by Crippen LogP contribution is -2.27. The van der Waals surface area contributed by atoms with E-state index in [-0.39, 0.29) is 5.91 Å². The van der Waals surface area contributed by atoms with E-state index in [2.05, 4.69) is 10.3 Å². The molecule has 0 radical (unpaired) electrons. The van der Waals surface area contributed by atoms with Gasteiger partial charge in [-0.2, -0.15) is 0 Å². The van der Waals surface area contributed by atoms with Gasteiger partial charge in [0, 0.05) is 18.4 Å². The van der Waals surface area contributed by atoms with Gasteiger partial charge in [-0.25, -0.2) is 0 Å². The van der Waals surface area contributed by atoms with Gasteiger partial charge in [0.2, 0.25) is 0 Å². The minimum Gasteiger partial charge on any atom is -0.490 e. The Bertz CT molecular complexity index is 1010. The summed E-state index contributed by atoms with van der Waals surface area (Å²) in [7, 11) is 0. The van der Waals surface area contributed by atoms with E-state index in [9.17, 15) is 4.79 Å². The number of carbonyl (C=O) groups is 1. The molecule has 0 bridgehead atoms. The topological polar surface area (TPSA) is 68.3 Å². The van der Waals surface area contributed by atoms with Gasteiger partial charge in [0.05, 0.1) is 13.2 Å². The van der Waals surface area contributed by atoms with Crippen molar-refractivity contribution < 1.29 is 14.3 Å². The van der Waals surface area contributed by atoms with Crippen molar-refractivity contribution in [3.63, 3.8) is 0 Å². The molecule has 0 saturated carbocycles. The normalized spacial score (nSPS) is 10.6. The Hall–Kier alpha value is -3.06. The first-order valence-corrected chi connectivity index (χ1v) is 10.1. The summed E-state index contributed by atoms with van der Waals surface area (Å²) in [6, 6.07) is 15.4. The van der Waals surface area contributed by atoms with Gasteiger partial charge in [0.1, 0.15) is 5.69 Å². The maximum atomic E-state index is 12.7. The molecule has 0 aliphatic heterocycles. The van der Waals surface area contributed by atoms with Crippen molar-refractivity contribution in [2.75, 3.05) is 19.8 Å². The van der Waals surface area contributed by atoms with Crippen molar-refractivity contribution in [1.82, 2.24) is 14.9 Å². The molecule has 6 nitrogen and oxygen atoms in total. The Labute approximate surface area is 175 Å². The number of aromatic nitrogens is 2. The first kappa shape index (κ1) is 20.7. The Morgan fingerprint density at radius 1 is 1.07 bits per heavy atom. The van der Waals surface area contributed by atoms with Crippen LogP contribution in [0, 0.1) is 4.77 Å². The number of para-hydroxylation sites is 1. The van der Waals surface area contributed by atoms with Gasteiger partial charge < -0.3 is 19.8 Å². The highest BCUT2D eigenvalue weighted by Crippen LogP contribution is 2.28. The predicted octanol–water partition coefficient (Wildman–Crippen LogP) is 4.30. The molecule has 3 rings (SSSR count). The Morgan fingerprint density at radius 2 is 1.79 bits per heavy atom. The number of ether oxygens (including phenoxy) is 2. The molecule has 29 heavy (non-hydrogen) atoms. The molecule has 1 aromatic heterocycles. The number of H-pyrrole nitrogens is 1. The molecule has 0 spiro atoms. The molecule has 2 N–H and O–H groups in total. The molecule has 0 aliphatic rings. The van der Waals surface area contributed by atoms with Crippen molar-refractivity contribution in [2.45, 2.75) is 20.3 Å². The first-order valence-electron chi connectivity index (χ1n) is 9.66. The van der Waals surface area contributed by atoms with E-state index >= 15 is 0 Å². The molecule has 1 heterocycles. The van der Waals surface area contributed by atoms with Crippen molar-refractivity contribution in [2.24, 2.45) is 0 Å². The molecule has 3 aromatic rings. The van der Waals surface area contributed by atoms with Crippen LogP contribution in [0.15, 0.2) is 54.7 Å². The largest absolute Gasteiger partial charge is 0.490 e. The van der Waals surface area contributed by atoms with Gasteiger partial charge in [-0.1, -0.05) is 24.3 Å². The number of benzene rings is 2. The number of carbonyl (C=O) groups excluding carboxylic acids is 1. The third-order valence-electron chi connectivity index (χ3n) is 4.33. The van der Waals surface area contributed by atoms with E-state index in [0.717, 1.165) is 22.7 Å². The van der Waals surface area contributed by atoms with Crippen LogP contribution in [0.4, 0.5) is 0 Å². The van der Waals surface area contributed by atoms with Crippen LogP contribution in [0.25, 0.3) is 5.69 Å². The van der Waals surface area contributed by atoms with Gasteiger partial charge >= 0.3 is 0 Å². The summed E-state index contributed by atoms with van der Waals surface area (Å²) >= 11 is 5.34. The maximum Gasteiger partial charge on any atom is 0.269 e. The SMILES string of the molecule is CCOc1ccc(CCNC(=O)c2c[nH]c(=S)n2-c2ccccc2)cc1OCC. The molecular weight excluding hydrogens is 386 g/mol. The number of nitrogens with zero attached hydrogens (tertiary/aromatic N) is 1. The molecule has 1 amide bonds. The van der Waals surface area contributed by atoms with Crippen molar-refractivity contribution >= 4 is 18.1 Å². The maximum absolute atomic E-state index is 12.7. The zero-order valence-electron chi connectivity index (χ0n) is 16.6.